The van der Waals surface area contributed by atoms with Gasteiger partial charge in [-0.25, -0.2) is 0 Å². The fourth-order valence-corrected chi connectivity index (χ4v) is 2.61. The average Bonchev–Trinajstić information content (AvgIpc) is 2.96. The van der Waals surface area contributed by atoms with Crippen molar-refractivity contribution in [2.45, 2.75) is 6.10 Å². The Labute approximate surface area is 131 Å². The summed E-state index contributed by atoms with van der Waals surface area (Å²) in [6.45, 7) is 0.128. The van der Waals surface area contributed by atoms with Crippen LogP contribution < -0.4 is 14.2 Å². The molecule has 0 spiro atoms. The normalized spacial score (nSPS) is 14.1. The van der Waals surface area contributed by atoms with E-state index in [2.05, 4.69) is 0 Å². The molecule has 3 rings (SSSR count). The van der Waals surface area contributed by atoms with Crippen molar-refractivity contribution >= 4 is 23.2 Å². The van der Waals surface area contributed by atoms with Crippen molar-refractivity contribution in [3.8, 4) is 17.2 Å². The molecule has 0 bridgehead atoms. The van der Waals surface area contributed by atoms with Crippen molar-refractivity contribution in [2.24, 2.45) is 0 Å². The summed E-state index contributed by atoms with van der Waals surface area (Å²) >= 11 is 12.1. The van der Waals surface area contributed by atoms with Gasteiger partial charge in [-0.2, -0.15) is 0 Å². The summed E-state index contributed by atoms with van der Waals surface area (Å²) in [5.41, 5.74) is 1.10. The highest BCUT2D eigenvalue weighted by Crippen LogP contribution is 2.44. The zero-order valence-electron chi connectivity index (χ0n) is 11.1. The van der Waals surface area contributed by atoms with Crippen LogP contribution in [0, 0.1) is 0 Å². The summed E-state index contributed by atoms with van der Waals surface area (Å²) < 4.78 is 15.9. The lowest BCUT2D eigenvalue weighted by atomic mass is 10.0. The summed E-state index contributed by atoms with van der Waals surface area (Å²) in [5.74, 6) is 1.56. The van der Waals surface area contributed by atoms with E-state index in [0.29, 0.717) is 38.4 Å². The van der Waals surface area contributed by atoms with Crippen LogP contribution in [0.25, 0.3) is 0 Å². The Kier molecular flexibility index (Phi) is 3.85. The lowest BCUT2D eigenvalue weighted by Gasteiger charge is -2.15. The molecule has 2 aromatic rings. The lowest BCUT2D eigenvalue weighted by Crippen LogP contribution is -2.01. The van der Waals surface area contributed by atoms with Crippen LogP contribution in [0.4, 0.5) is 0 Å². The Hall–Kier alpha value is -1.62. The third-order valence-electron chi connectivity index (χ3n) is 3.25. The molecule has 1 unspecified atom stereocenters. The zero-order valence-corrected chi connectivity index (χ0v) is 12.6. The number of aliphatic hydroxyl groups excluding tert-OH is 1. The first-order chi connectivity index (χ1) is 10.1. The Morgan fingerprint density at radius 3 is 2.76 bits per heavy atom. The Morgan fingerprint density at radius 1 is 1.19 bits per heavy atom. The SMILES string of the molecule is COc1cc(C(O)c2cc(Cl)ccc2Cl)cc2c1OCO2. The molecular weight excluding hydrogens is 315 g/mol. The molecule has 1 heterocycles. The van der Waals surface area contributed by atoms with Gasteiger partial charge in [0.1, 0.15) is 6.10 Å². The van der Waals surface area contributed by atoms with Gasteiger partial charge in [0.2, 0.25) is 12.5 Å². The largest absolute Gasteiger partial charge is 0.493 e. The van der Waals surface area contributed by atoms with E-state index in [-0.39, 0.29) is 6.79 Å². The second-order valence-corrected chi connectivity index (χ2v) is 5.37. The highest BCUT2D eigenvalue weighted by molar-refractivity contribution is 6.33. The van der Waals surface area contributed by atoms with E-state index in [1.165, 1.54) is 7.11 Å². The number of aliphatic hydroxyl groups is 1. The average molecular weight is 327 g/mol. The molecule has 110 valence electrons. The van der Waals surface area contributed by atoms with Gasteiger partial charge >= 0.3 is 0 Å². The van der Waals surface area contributed by atoms with Gasteiger partial charge in [0.15, 0.2) is 11.5 Å². The van der Waals surface area contributed by atoms with Crippen molar-refractivity contribution in [2.75, 3.05) is 13.9 Å². The summed E-state index contributed by atoms with van der Waals surface area (Å²) in [6.07, 6.45) is -0.945. The molecule has 1 N–H and O–H groups in total. The fraction of sp³-hybridized carbons (Fsp3) is 0.200. The summed E-state index contributed by atoms with van der Waals surface area (Å²) in [6, 6.07) is 8.33. The molecule has 6 heteroatoms. The van der Waals surface area contributed by atoms with E-state index in [0.717, 1.165) is 0 Å². The van der Waals surface area contributed by atoms with Gasteiger partial charge in [0, 0.05) is 15.6 Å². The topological polar surface area (TPSA) is 47.9 Å². The molecule has 0 amide bonds. The summed E-state index contributed by atoms with van der Waals surface area (Å²) in [7, 11) is 1.53. The van der Waals surface area contributed by atoms with E-state index in [1.807, 2.05) is 0 Å². The molecule has 0 aromatic heterocycles. The molecule has 0 radical (unpaired) electrons. The highest BCUT2D eigenvalue weighted by atomic mass is 35.5. The van der Waals surface area contributed by atoms with Crippen LogP contribution in [0.5, 0.6) is 17.2 Å². The van der Waals surface area contributed by atoms with Gasteiger partial charge in [-0.05, 0) is 35.9 Å². The molecule has 0 fully saturated rings. The third-order valence-corrected chi connectivity index (χ3v) is 3.83. The first kappa shape index (κ1) is 14.3. The van der Waals surface area contributed by atoms with Crippen molar-refractivity contribution in [3.63, 3.8) is 0 Å². The van der Waals surface area contributed by atoms with Gasteiger partial charge < -0.3 is 19.3 Å². The molecule has 4 nitrogen and oxygen atoms in total. The predicted octanol–water partition coefficient (Wildman–Crippen LogP) is 3.81. The van der Waals surface area contributed by atoms with Gasteiger partial charge in [-0.3, -0.25) is 0 Å². The Balaban J connectivity index is 2.06. The minimum absolute atomic E-state index is 0.128. The zero-order chi connectivity index (χ0) is 15.0. The quantitative estimate of drug-likeness (QED) is 0.931. The van der Waals surface area contributed by atoms with Crippen LogP contribution in [0.15, 0.2) is 30.3 Å². The maximum Gasteiger partial charge on any atom is 0.231 e. The van der Waals surface area contributed by atoms with E-state index < -0.39 is 6.10 Å². The maximum atomic E-state index is 10.6. The number of ether oxygens (including phenoxy) is 3. The fourth-order valence-electron chi connectivity index (χ4n) is 2.21. The Bertz CT molecular complexity index is 688. The van der Waals surface area contributed by atoms with Crippen LogP contribution in [0.1, 0.15) is 17.2 Å². The highest BCUT2D eigenvalue weighted by Gasteiger charge is 2.24. The molecule has 1 aliphatic heterocycles. The van der Waals surface area contributed by atoms with Crippen molar-refractivity contribution in [3.05, 3.63) is 51.5 Å². The number of hydrogen-bond acceptors (Lipinski definition) is 4. The Morgan fingerprint density at radius 2 is 2.00 bits per heavy atom. The smallest absolute Gasteiger partial charge is 0.231 e. The van der Waals surface area contributed by atoms with E-state index in [9.17, 15) is 5.11 Å². The second kappa shape index (κ2) is 5.64. The van der Waals surface area contributed by atoms with E-state index in [1.54, 1.807) is 30.3 Å². The second-order valence-electron chi connectivity index (χ2n) is 4.53. The van der Waals surface area contributed by atoms with E-state index in [4.69, 9.17) is 37.4 Å². The van der Waals surface area contributed by atoms with Crippen LogP contribution in [-0.4, -0.2) is 19.0 Å². The molecule has 1 atom stereocenters. The summed E-state index contributed by atoms with van der Waals surface area (Å²) in [5, 5.41) is 11.5. The van der Waals surface area contributed by atoms with Gasteiger partial charge in [0.25, 0.3) is 0 Å². The van der Waals surface area contributed by atoms with Gasteiger partial charge in [0.05, 0.1) is 7.11 Å². The van der Waals surface area contributed by atoms with E-state index >= 15 is 0 Å². The van der Waals surface area contributed by atoms with Crippen LogP contribution in [-0.2, 0) is 0 Å². The molecule has 0 aliphatic carbocycles. The minimum Gasteiger partial charge on any atom is -0.493 e. The first-order valence-corrected chi connectivity index (χ1v) is 6.96. The lowest BCUT2D eigenvalue weighted by molar-refractivity contribution is 0.171. The van der Waals surface area contributed by atoms with Crippen molar-refractivity contribution in [1.29, 1.82) is 0 Å². The third kappa shape index (κ3) is 2.62. The maximum absolute atomic E-state index is 10.6. The van der Waals surface area contributed by atoms with Crippen molar-refractivity contribution < 1.29 is 19.3 Å². The molecule has 1 aliphatic rings. The molecule has 21 heavy (non-hydrogen) atoms. The molecule has 2 aromatic carbocycles. The van der Waals surface area contributed by atoms with Crippen molar-refractivity contribution in [1.82, 2.24) is 0 Å². The monoisotopic (exact) mass is 326 g/mol. The number of halogens is 2. The first-order valence-electron chi connectivity index (χ1n) is 6.20. The predicted molar refractivity (Wildman–Crippen MR) is 79.6 cm³/mol. The minimum atomic E-state index is -0.945. The summed E-state index contributed by atoms with van der Waals surface area (Å²) in [4.78, 5) is 0. The molecule has 0 saturated carbocycles. The van der Waals surface area contributed by atoms with Gasteiger partial charge in [-0.15, -0.1) is 0 Å². The number of methoxy groups -OCH3 is 1. The standard InChI is InChI=1S/C15H12Cl2O4/c1-19-12-4-8(5-13-15(12)21-7-20-13)14(18)10-6-9(16)2-3-11(10)17/h2-6,14,18H,7H2,1H3. The number of rotatable bonds is 3. The van der Waals surface area contributed by atoms with Gasteiger partial charge in [-0.1, -0.05) is 23.2 Å². The van der Waals surface area contributed by atoms with Crippen LogP contribution in [0.2, 0.25) is 10.0 Å². The van der Waals surface area contributed by atoms with Crippen LogP contribution in [0.3, 0.4) is 0 Å². The van der Waals surface area contributed by atoms with Crippen LogP contribution >= 0.6 is 23.2 Å². The molecular formula is C15H12Cl2O4. The molecule has 0 saturated heterocycles. The number of fused-ring (bicyclic) bond motifs is 1. The number of hydrogen-bond donors (Lipinski definition) is 1. The number of benzene rings is 2.